The molecular formula is C16H31N3O. The number of hydrogen-bond donors (Lipinski definition) is 1. The molecule has 4 nitrogen and oxygen atoms in total. The summed E-state index contributed by atoms with van der Waals surface area (Å²) in [6, 6.07) is 3.12. The highest BCUT2D eigenvalue weighted by Gasteiger charge is 2.40. The van der Waals surface area contributed by atoms with Crippen LogP contribution in [0.25, 0.3) is 0 Å². The molecular weight excluding hydrogens is 250 g/mol. The molecule has 1 saturated carbocycles. The van der Waals surface area contributed by atoms with Gasteiger partial charge in [-0.3, -0.25) is 9.80 Å². The molecule has 0 aromatic carbocycles. The second-order valence-corrected chi connectivity index (χ2v) is 6.95. The van der Waals surface area contributed by atoms with Gasteiger partial charge in [-0.2, -0.15) is 0 Å². The molecule has 20 heavy (non-hydrogen) atoms. The number of rotatable bonds is 7. The summed E-state index contributed by atoms with van der Waals surface area (Å²) in [6.07, 6.45) is 6.89. The summed E-state index contributed by atoms with van der Waals surface area (Å²) < 4.78 is 5.33. The van der Waals surface area contributed by atoms with E-state index in [0.29, 0.717) is 6.04 Å². The van der Waals surface area contributed by atoms with E-state index in [1.807, 2.05) is 7.11 Å². The monoisotopic (exact) mass is 281 g/mol. The maximum absolute atomic E-state index is 5.33. The summed E-state index contributed by atoms with van der Waals surface area (Å²) in [5, 5.41) is 3.65. The Morgan fingerprint density at radius 1 is 1.30 bits per heavy atom. The van der Waals surface area contributed by atoms with Gasteiger partial charge in [-0.15, -0.1) is 0 Å². The molecule has 116 valence electrons. The number of methoxy groups -OCH3 is 1. The minimum atomic E-state index is 0.706. The van der Waals surface area contributed by atoms with Crippen LogP contribution in [0.5, 0.6) is 0 Å². The summed E-state index contributed by atoms with van der Waals surface area (Å²) in [5.41, 5.74) is 0. The van der Waals surface area contributed by atoms with Gasteiger partial charge in [-0.25, -0.2) is 0 Å². The Kier molecular flexibility index (Phi) is 4.97. The number of ether oxygens (including phenoxy) is 1. The third-order valence-electron chi connectivity index (χ3n) is 5.33. The molecule has 2 heterocycles. The van der Waals surface area contributed by atoms with Gasteiger partial charge in [0, 0.05) is 50.9 Å². The fourth-order valence-corrected chi connectivity index (χ4v) is 4.03. The van der Waals surface area contributed by atoms with Gasteiger partial charge in [-0.1, -0.05) is 0 Å². The average molecular weight is 281 g/mol. The van der Waals surface area contributed by atoms with Gasteiger partial charge < -0.3 is 10.1 Å². The third-order valence-corrected chi connectivity index (χ3v) is 5.33. The largest absolute Gasteiger partial charge is 0.383 e. The Labute approximate surface area is 123 Å². The number of hydrogen-bond acceptors (Lipinski definition) is 4. The van der Waals surface area contributed by atoms with Gasteiger partial charge in [0.2, 0.25) is 0 Å². The van der Waals surface area contributed by atoms with Crippen LogP contribution in [0, 0.1) is 0 Å². The number of nitrogens with zero attached hydrogens (tertiary/aromatic N) is 2. The van der Waals surface area contributed by atoms with Gasteiger partial charge >= 0.3 is 0 Å². The lowest BCUT2D eigenvalue weighted by atomic mass is 10.1. The van der Waals surface area contributed by atoms with Crippen LogP contribution in [-0.2, 0) is 4.74 Å². The first-order valence-corrected chi connectivity index (χ1v) is 8.50. The predicted octanol–water partition coefficient (Wildman–Crippen LogP) is 1.31. The second-order valence-electron chi connectivity index (χ2n) is 6.95. The first-order valence-electron chi connectivity index (χ1n) is 8.50. The van der Waals surface area contributed by atoms with Crippen molar-refractivity contribution in [3.05, 3.63) is 0 Å². The van der Waals surface area contributed by atoms with Gasteiger partial charge in [0.15, 0.2) is 0 Å². The van der Waals surface area contributed by atoms with Crippen molar-refractivity contribution in [1.29, 1.82) is 0 Å². The third kappa shape index (κ3) is 3.53. The molecule has 0 amide bonds. The topological polar surface area (TPSA) is 27.7 Å². The standard InChI is InChI=1S/C16H31N3O/c1-13-10-16(12-19(13)15-5-6-15)18(8-9-20-2)11-14-4-3-7-17-14/h13-17H,3-12H2,1-2H3. The summed E-state index contributed by atoms with van der Waals surface area (Å²) in [5.74, 6) is 0. The molecule has 4 heteroatoms. The van der Waals surface area contributed by atoms with Crippen LogP contribution < -0.4 is 5.32 Å². The lowest BCUT2D eigenvalue weighted by Gasteiger charge is -2.31. The zero-order chi connectivity index (χ0) is 13.9. The first-order chi connectivity index (χ1) is 9.78. The molecule has 0 aromatic rings. The van der Waals surface area contributed by atoms with Gasteiger partial charge in [0.05, 0.1) is 6.61 Å². The van der Waals surface area contributed by atoms with Crippen molar-refractivity contribution in [2.24, 2.45) is 0 Å². The van der Waals surface area contributed by atoms with Crippen LogP contribution in [0.2, 0.25) is 0 Å². The summed E-state index contributed by atoms with van der Waals surface area (Å²) in [6.45, 7) is 8.06. The van der Waals surface area contributed by atoms with Gasteiger partial charge in [0.25, 0.3) is 0 Å². The Hall–Kier alpha value is -0.160. The molecule has 2 aliphatic heterocycles. The van der Waals surface area contributed by atoms with Crippen molar-refractivity contribution >= 4 is 0 Å². The van der Waals surface area contributed by atoms with Crippen molar-refractivity contribution in [3.63, 3.8) is 0 Å². The van der Waals surface area contributed by atoms with E-state index in [-0.39, 0.29) is 0 Å². The molecule has 1 N–H and O–H groups in total. The smallest absolute Gasteiger partial charge is 0.0589 e. The summed E-state index contributed by atoms with van der Waals surface area (Å²) in [4.78, 5) is 5.46. The molecule has 3 atom stereocenters. The maximum Gasteiger partial charge on any atom is 0.0589 e. The Morgan fingerprint density at radius 3 is 2.80 bits per heavy atom. The highest BCUT2D eigenvalue weighted by atomic mass is 16.5. The lowest BCUT2D eigenvalue weighted by Crippen LogP contribution is -2.46. The van der Waals surface area contributed by atoms with Gasteiger partial charge in [-0.05, 0) is 45.6 Å². The Morgan fingerprint density at radius 2 is 2.15 bits per heavy atom. The van der Waals surface area contributed by atoms with Crippen molar-refractivity contribution in [2.45, 2.75) is 63.2 Å². The normalized spacial score (nSPS) is 35.2. The van der Waals surface area contributed by atoms with E-state index in [1.165, 1.54) is 51.7 Å². The van der Waals surface area contributed by atoms with Crippen LogP contribution in [0.1, 0.15) is 39.0 Å². The van der Waals surface area contributed by atoms with Crippen molar-refractivity contribution in [3.8, 4) is 0 Å². The van der Waals surface area contributed by atoms with E-state index < -0.39 is 0 Å². The fraction of sp³-hybridized carbons (Fsp3) is 1.00. The predicted molar refractivity (Wildman–Crippen MR) is 82.1 cm³/mol. The maximum atomic E-state index is 5.33. The zero-order valence-electron chi connectivity index (χ0n) is 13.2. The molecule has 0 aromatic heterocycles. The minimum Gasteiger partial charge on any atom is -0.383 e. The molecule has 3 unspecified atom stereocenters. The van der Waals surface area contributed by atoms with Crippen LogP contribution in [0.15, 0.2) is 0 Å². The molecule has 3 rings (SSSR count). The molecule has 0 spiro atoms. The quantitative estimate of drug-likeness (QED) is 0.761. The SMILES string of the molecule is COCCN(CC1CCCN1)C1CC(C)N(C2CC2)C1. The van der Waals surface area contributed by atoms with E-state index in [4.69, 9.17) is 4.74 Å². The highest BCUT2D eigenvalue weighted by Crippen LogP contribution is 2.34. The van der Waals surface area contributed by atoms with Crippen molar-refractivity contribution in [2.75, 3.05) is 39.9 Å². The highest BCUT2D eigenvalue weighted by molar-refractivity contribution is 4.97. The van der Waals surface area contributed by atoms with Gasteiger partial charge in [0.1, 0.15) is 0 Å². The molecule has 0 bridgehead atoms. The van der Waals surface area contributed by atoms with E-state index in [2.05, 4.69) is 22.0 Å². The Bertz CT molecular complexity index is 302. The fourth-order valence-electron chi connectivity index (χ4n) is 4.03. The van der Waals surface area contributed by atoms with Crippen LogP contribution in [0.4, 0.5) is 0 Å². The molecule has 2 saturated heterocycles. The average Bonchev–Trinajstić information content (AvgIpc) is 3.01. The van der Waals surface area contributed by atoms with E-state index in [0.717, 1.165) is 31.3 Å². The second kappa shape index (κ2) is 6.73. The van der Waals surface area contributed by atoms with Crippen LogP contribution in [-0.4, -0.2) is 73.9 Å². The van der Waals surface area contributed by atoms with E-state index in [9.17, 15) is 0 Å². The Balaban J connectivity index is 1.56. The van der Waals surface area contributed by atoms with E-state index >= 15 is 0 Å². The van der Waals surface area contributed by atoms with Crippen molar-refractivity contribution in [1.82, 2.24) is 15.1 Å². The zero-order valence-corrected chi connectivity index (χ0v) is 13.2. The molecule has 0 radical (unpaired) electrons. The van der Waals surface area contributed by atoms with Crippen LogP contribution >= 0.6 is 0 Å². The lowest BCUT2D eigenvalue weighted by molar-refractivity contribution is 0.113. The number of nitrogens with one attached hydrogen (secondary N) is 1. The molecule has 3 aliphatic rings. The van der Waals surface area contributed by atoms with Crippen LogP contribution in [0.3, 0.4) is 0 Å². The van der Waals surface area contributed by atoms with Crippen molar-refractivity contribution < 1.29 is 4.74 Å². The summed E-state index contributed by atoms with van der Waals surface area (Å²) >= 11 is 0. The molecule has 1 aliphatic carbocycles. The minimum absolute atomic E-state index is 0.706. The summed E-state index contributed by atoms with van der Waals surface area (Å²) in [7, 11) is 1.82. The first kappa shape index (κ1) is 14.8. The number of likely N-dealkylation sites (tertiary alicyclic amines) is 1. The van der Waals surface area contributed by atoms with E-state index in [1.54, 1.807) is 0 Å². The molecule has 3 fully saturated rings.